The van der Waals surface area contributed by atoms with E-state index in [1.54, 1.807) is 18.2 Å². The molecule has 1 aliphatic rings. The van der Waals surface area contributed by atoms with E-state index in [9.17, 15) is 9.59 Å². The first-order valence-corrected chi connectivity index (χ1v) is 15.0. The van der Waals surface area contributed by atoms with Crippen molar-refractivity contribution in [2.75, 3.05) is 38.2 Å². The minimum absolute atomic E-state index is 0.0866. The molecule has 8 nitrogen and oxygen atoms in total. The third kappa shape index (κ3) is 8.95. The van der Waals surface area contributed by atoms with Crippen LogP contribution >= 0.6 is 11.6 Å². The number of nitrogens with two attached hydrogens (primary N) is 1. The standard InChI is InChI=1S/C33H41ClN4O4/c1-3-41-27-10-5-23(6-11-27)20-36-30-14-9-26(34)19-29(30)33(40)37-21-31(39)32(35)25-15-17-38(18-16-25)22-24-7-12-28(13-8-24)42-4-2/h5-14,19,25,32,36H,3-4,15-18,20-22,35H2,1-2H3,(H,37,40). The summed E-state index contributed by atoms with van der Waals surface area (Å²) in [5.74, 6) is 1.23. The van der Waals surface area contributed by atoms with E-state index >= 15 is 0 Å². The maximum atomic E-state index is 13.1. The van der Waals surface area contributed by atoms with Crippen molar-refractivity contribution in [1.29, 1.82) is 0 Å². The highest BCUT2D eigenvalue weighted by atomic mass is 35.5. The molecule has 3 aromatic rings. The number of nitrogens with zero attached hydrogens (tertiary/aromatic N) is 1. The van der Waals surface area contributed by atoms with Gasteiger partial charge in [0, 0.05) is 23.8 Å². The minimum Gasteiger partial charge on any atom is -0.494 e. The van der Waals surface area contributed by atoms with E-state index in [0.717, 1.165) is 49.5 Å². The third-order valence-electron chi connectivity index (χ3n) is 7.52. The molecule has 42 heavy (non-hydrogen) atoms. The summed E-state index contributed by atoms with van der Waals surface area (Å²) in [6, 6.07) is 20.4. The minimum atomic E-state index is -0.616. The second-order valence-corrected chi connectivity index (χ2v) is 10.9. The SMILES string of the molecule is CCOc1ccc(CNc2ccc(Cl)cc2C(=O)NCC(=O)C(N)C2CCN(Cc3ccc(OCC)cc3)CC2)cc1. The lowest BCUT2D eigenvalue weighted by Crippen LogP contribution is -2.47. The van der Waals surface area contributed by atoms with Gasteiger partial charge in [0.1, 0.15) is 11.5 Å². The van der Waals surface area contributed by atoms with Crippen LogP contribution < -0.4 is 25.8 Å². The van der Waals surface area contributed by atoms with Crippen LogP contribution in [0.25, 0.3) is 0 Å². The Morgan fingerprint density at radius 1 is 0.929 bits per heavy atom. The number of hydrogen-bond acceptors (Lipinski definition) is 7. The molecule has 1 fully saturated rings. The van der Waals surface area contributed by atoms with E-state index in [1.807, 2.05) is 50.2 Å². The number of ketones is 1. The molecule has 9 heteroatoms. The molecule has 1 unspecified atom stereocenters. The number of benzene rings is 3. The highest BCUT2D eigenvalue weighted by Crippen LogP contribution is 2.24. The summed E-state index contributed by atoms with van der Waals surface area (Å²) < 4.78 is 11.0. The smallest absolute Gasteiger partial charge is 0.253 e. The van der Waals surface area contributed by atoms with E-state index < -0.39 is 6.04 Å². The predicted molar refractivity (Wildman–Crippen MR) is 167 cm³/mol. The normalized spacial score (nSPS) is 14.7. The molecule has 1 atom stereocenters. The summed E-state index contributed by atoms with van der Waals surface area (Å²) in [5, 5.41) is 6.49. The number of carbonyl (C=O) groups is 2. The topological polar surface area (TPSA) is 106 Å². The van der Waals surface area contributed by atoms with Gasteiger partial charge in [0.2, 0.25) is 0 Å². The molecule has 1 aliphatic heterocycles. The van der Waals surface area contributed by atoms with Crippen molar-refractivity contribution in [2.45, 2.75) is 45.8 Å². The fraction of sp³-hybridized carbons (Fsp3) is 0.394. The molecule has 224 valence electrons. The number of amides is 1. The molecule has 1 amide bonds. The van der Waals surface area contributed by atoms with Crippen LogP contribution in [0.2, 0.25) is 5.02 Å². The zero-order valence-electron chi connectivity index (χ0n) is 24.4. The van der Waals surface area contributed by atoms with E-state index in [0.29, 0.717) is 36.0 Å². The van der Waals surface area contributed by atoms with Gasteiger partial charge >= 0.3 is 0 Å². The summed E-state index contributed by atoms with van der Waals surface area (Å²) in [5.41, 5.74) is 9.64. The largest absolute Gasteiger partial charge is 0.494 e. The second kappa shape index (κ2) is 15.6. The molecule has 4 N–H and O–H groups in total. The number of likely N-dealkylation sites (tertiary alicyclic amines) is 1. The molecular formula is C33H41ClN4O4. The summed E-state index contributed by atoms with van der Waals surface area (Å²) in [7, 11) is 0. The Hall–Kier alpha value is -3.59. The maximum Gasteiger partial charge on any atom is 0.253 e. The van der Waals surface area contributed by atoms with E-state index in [-0.39, 0.29) is 24.2 Å². The van der Waals surface area contributed by atoms with E-state index in [1.165, 1.54) is 5.56 Å². The van der Waals surface area contributed by atoms with Gasteiger partial charge in [-0.3, -0.25) is 14.5 Å². The number of carbonyl (C=O) groups excluding carboxylic acids is 2. The fourth-order valence-corrected chi connectivity index (χ4v) is 5.33. The molecule has 0 bridgehead atoms. The number of hydrogen-bond donors (Lipinski definition) is 3. The average Bonchev–Trinajstić information content (AvgIpc) is 3.01. The van der Waals surface area contributed by atoms with Crippen molar-refractivity contribution in [3.8, 4) is 11.5 Å². The van der Waals surface area contributed by atoms with Gasteiger partial charge in [0.25, 0.3) is 5.91 Å². The van der Waals surface area contributed by atoms with Gasteiger partial charge in [-0.25, -0.2) is 0 Å². The summed E-state index contributed by atoms with van der Waals surface area (Å²) in [4.78, 5) is 28.4. The Labute approximate surface area is 253 Å². The highest BCUT2D eigenvalue weighted by Gasteiger charge is 2.29. The van der Waals surface area contributed by atoms with Crippen LogP contribution in [0.5, 0.6) is 11.5 Å². The van der Waals surface area contributed by atoms with Crippen LogP contribution in [0.3, 0.4) is 0 Å². The van der Waals surface area contributed by atoms with Crippen molar-refractivity contribution >= 4 is 29.0 Å². The molecule has 1 saturated heterocycles. The molecule has 0 spiro atoms. The van der Waals surface area contributed by atoms with Crippen LogP contribution in [0.1, 0.15) is 48.2 Å². The number of halogens is 1. The van der Waals surface area contributed by atoms with Crippen molar-refractivity contribution in [1.82, 2.24) is 10.2 Å². The third-order valence-corrected chi connectivity index (χ3v) is 7.75. The first-order valence-electron chi connectivity index (χ1n) is 14.6. The monoisotopic (exact) mass is 592 g/mol. The average molecular weight is 593 g/mol. The van der Waals surface area contributed by atoms with Gasteiger partial charge in [0.05, 0.1) is 31.4 Å². The lowest BCUT2D eigenvalue weighted by Gasteiger charge is -2.34. The van der Waals surface area contributed by atoms with Gasteiger partial charge in [-0.1, -0.05) is 35.9 Å². The summed E-state index contributed by atoms with van der Waals surface area (Å²) in [6.07, 6.45) is 1.68. The molecule has 0 aliphatic carbocycles. The first kappa shape index (κ1) is 31.3. The maximum absolute atomic E-state index is 13.1. The van der Waals surface area contributed by atoms with Crippen molar-refractivity contribution < 1.29 is 19.1 Å². The number of nitrogens with one attached hydrogen (secondary N) is 2. The lowest BCUT2D eigenvalue weighted by molar-refractivity contribution is -0.120. The Bertz CT molecular complexity index is 1310. The lowest BCUT2D eigenvalue weighted by atomic mass is 9.87. The quantitative estimate of drug-likeness (QED) is 0.234. The molecule has 0 radical (unpaired) electrons. The first-order chi connectivity index (χ1) is 20.4. The highest BCUT2D eigenvalue weighted by molar-refractivity contribution is 6.31. The number of piperidine rings is 1. The zero-order valence-corrected chi connectivity index (χ0v) is 25.2. The second-order valence-electron chi connectivity index (χ2n) is 10.5. The van der Waals surface area contributed by atoms with Crippen molar-refractivity contribution in [2.24, 2.45) is 11.7 Å². The Balaban J connectivity index is 1.25. The molecule has 4 rings (SSSR count). The van der Waals surface area contributed by atoms with E-state index in [2.05, 4.69) is 27.7 Å². The number of ether oxygens (including phenoxy) is 2. The zero-order chi connectivity index (χ0) is 29.9. The van der Waals surface area contributed by atoms with Crippen LogP contribution in [0.4, 0.5) is 5.69 Å². The number of anilines is 1. The fourth-order valence-electron chi connectivity index (χ4n) is 5.16. The van der Waals surface area contributed by atoms with E-state index in [4.69, 9.17) is 26.8 Å². The van der Waals surface area contributed by atoms with Gasteiger partial charge in [-0.2, -0.15) is 0 Å². The summed E-state index contributed by atoms with van der Waals surface area (Å²) in [6.45, 7) is 8.16. The molecule has 3 aromatic carbocycles. The van der Waals surface area contributed by atoms with Gasteiger partial charge in [0.15, 0.2) is 5.78 Å². The Morgan fingerprint density at radius 3 is 2.12 bits per heavy atom. The van der Waals surface area contributed by atoms with Crippen LogP contribution in [-0.2, 0) is 17.9 Å². The van der Waals surface area contributed by atoms with Crippen molar-refractivity contribution in [3.05, 3.63) is 88.4 Å². The summed E-state index contributed by atoms with van der Waals surface area (Å²) >= 11 is 6.20. The van der Waals surface area contributed by atoms with Gasteiger partial charge < -0.3 is 25.8 Å². The van der Waals surface area contributed by atoms with Crippen molar-refractivity contribution in [3.63, 3.8) is 0 Å². The van der Waals surface area contributed by atoms with Crippen LogP contribution in [0, 0.1) is 5.92 Å². The van der Waals surface area contributed by atoms with Gasteiger partial charge in [-0.15, -0.1) is 0 Å². The molecule has 1 heterocycles. The Kier molecular flexibility index (Phi) is 11.6. The van der Waals surface area contributed by atoms with Gasteiger partial charge in [-0.05, 0) is 99.3 Å². The predicted octanol–water partition coefficient (Wildman–Crippen LogP) is 5.29. The Morgan fingerprint density at radius 2 is 1.52 bits per heavy atom. The number of Topliss-reactive ketones (excluding diaryl/α,β-unsaturated/α-hetero) is 1. The molecule has 0 saturated carbocycles. The number of rotatable bonds is 14. The van der Waals surface area contributed by atoms with Crippen LogP contribution in [-0.4, -0.2) is 55.5 Å². The van der Waals surface area contributed by atoms with Crippen LogP contribution in [0.15, 0.2) is 66.7 Å². The molecule has 0 aromatic heterocycles. The molecular weight excluding hydrogens is 552 g/mol.